The van der Waals surface area contributed by atoms with Crippen molar-refractivity contribution < 1.29 is 17.6 Å². The lowest BCUT2D eigenvalue weighted by atomic mass is 9.99. The Balaban J connectivity index is 1.67. The highest BCUT2D eigenvalue weighted by molar-refractivity contribution is 5.94. The van der Waals surface area contributed by atoms with Crippen LogP contribution in [0.3, 0.4) is 0 Å². The molecule has 5 aromatic rings. The number of halogens is 4. The Morgan fingerprint density at radius 3 is 1.05 bits per heavy atom. The first-order chi connectivity index (χ1) is 18.4. The van der Waals surface area contributed by atoms with Crippen LogP contribution in [0.1, 0.15) is 33.6 Å². The molecule has 0 saturated carbocycles. The van der Waals surface area contributed by atoms with Gasteiger partial charge in [-0.1, -0.05) is 48.5 Å². The van der Waals surface area contributed by atoms with Crippen molar-refractivity contribution in [3.05, 3.63) is 166 Å². The average Bonchev–Trinajstić information content (AvgIpc) is 3.30. The summed E-state index contributed by atoms with van der Waals surface area (Å²) in [6.45, 7) is 0. The zero-order valence-corrected chi connectivity index (χ0v) is 20.5. The predicted molar refractivity (Wildman–Crippen MR) is 145 cm³/mol. The molecule has 0 atom stereocenters. The second-order valence-corrected chi connectivity index (χ2v) is 8.90. The predicted octanol–water partition coefficient (Wildman–Crippen LogP) is 8.76. The number of benzene rings is 4. The fourth-order valence-corrected chi connectivity index (χ4v) is 4.37. The Bertz CT molecular complexity index is 1480. The number of aromatic nitrogens is 1. The van der Waals surface area contributed by atoms with Crippen molar-refractivity contribution in [3.8, 4) is 0 Å². The smallest absolute Gasteiger partial charge is 0.123 e. The van der Waals surface area contributed by atoms with E-state index in [2.05, 4.69) is 0 Å². The monoisotopic (exact) mass is 509 g/mol. The summed E-state index contributed by atoms with van der Waals surface area (Å²) in [6.07, 6.45) is 3.85. The number of nitrogens with zero attached hydrogens (tertiary/aromatic N) is 1. The third-order valence-corrected chi connectivity index (χ3v) is 6.35. The van der Waals surface area contributed by atoms with E-state index in [1.54, 1.807) is 48.5 Å². The van der Waals surface area contributed by atoms with Crippen molar-refractivity contribution >= 4 is 23.3 Å². The number of hydrogen-bond acceptors (Lipinski definition) is 0. The van der Waals surface area contributed by atoms with Gasteiger partial charge in [-0.15, -0.1) is 0 Å². The van der Waals surface area contributed by atoms with E-state index >= 15 is 0 Å². The summed E-state index contributed by atoms with van der Waals surface area (Å²) >= 11 is 0. The van der Waals surface area contributed by atoms with Gasteiger partial charge in [-0.2, -0.15) is 0 Å². The summed E-state index contributed by atoms with van der Waals surface area (Å²) in [5.41, 5.74) is 6.44. The SMILES string of the molecule is Cn1c(/C(=C\c2ccc(F)cc2)c2ccc(F)cc2)ccc1/C(=C\c1ccc(F)cc1)c1ccc(F)cc1. The molecule has 1 nitrogen and oxygen atoms in total. The van der Waals surface area contributed by atoms with Crippen LogP contribution in [0, 0.1) is 23.3 Å². The van der Waals surface area contributed by atoms with Gasteiger partial charge in [0.2, 0.25) is 0 Å². The minimum absolute atomic E-state index is 0.332. The first-order valence-corrected chi connectivity index (χ1v) is 12.0. The van der Waals surface area contributed by atoms with Crippen LogP contribution in [0.5, 0.6) is 0 Å². The van der Waals surface area contributed by atoms with Crippen LogP contribution < -0.4 is 0 Å². The standard InChI is InChI=1S/C33H23F4N/c1-38-32(30(24-6-14-28(36)15-7-24)20-22-2-10-26(34)11-3-22)18-19-33(38)31(25-8-16-29(37)17-9-25)21-23-4-12-27(35)13-5-23/h2-21H,1H3/b30-20-,31-21-. The largest absolute Gasteiger partial charge is 0.344 e. The van der Waals surface area contributed by atoms with E-state index in [1.165, 1.54) is 48.5 Å². The molecule has 0 bridgehead atoms. The normalized spacial score (nSPS) is 12.1. The van der Waals surface area contributed by atoms with Crippen LogP contribution >= 0.6 is 0 Å². The second kappa shape index (κ2) is 10.8. The van der Waals surface area contributed by atoms with Gasteiger partial charge in [0, 0.05) is 29.6 Å². The fraction of sp³-hybridized carbons (Fsp3) is 0.0303. The van der Waals surface area contributed by atoms with Gasteiger partial charge >= 0.3 is 0 Å². The van der Waals surface area contributed by atoms with Crippen molar-refractivity contribution in [1.29, 1.82) is 0 Å². The van der Waals surface area contributed by atoms with Crippen molar-refractivity contribution in [1.82, 2.24) is 4.57 Å². The van der Waals surface area contributed by atoms with Gasteiger partial charge in [0.1, 0.15) is 23.3 Å². The molecule has 1 aromatic heterocycles. The van der Waals surface area contributed by atoms with Crippen LogP contribution in [-0.2, 0) is 7.05 Å². The summed E-state index contributed by atoms with van der Waals surface area (Å²) in [6, 6.07) is 28.6. The van der Waals surface area contributed by atoms with Crippen molar-refractivity contribution in [2.24, 2.45) is 7.05 Å². The van der Waals surface area contributed by atoms with Crippen molar-refractivity contribution in [2.75, 3.05) is 0 Å². The Kier molecular flexibility index (Phi) is 7.09. The zero-order chi connectivity index (χ0) is 26.6. The molecule has 0 aliphatic rings. The Hall–Kier alpha value is -4.64. The minimum atomic E-state index is -0.344. The summed E-state index contributed by atoms with van der Waals surface area (Å²) in [4.78, 5) is 0. The average molecular weight is 510 g/mol. The molecule has 4 aromatic carbocycles. The first kappa shape index (κ1) is 25.0. The highest BCUT2D eigenvalue weighted by Crippen LogP contribution is 2.33. The molecule has 0 unspecified atom stereocenters. The van der Waals surface area contributed by atoms with Gasteiger partial charge in [-0.25, -0.2) is 17.6 Å². The Labute approximate surface area is 218 Å². The molecule has 0 aliphatic heterocycles. The van der Waals surface area contributed by atoms with Crippen LogP contribution in [0.15, 0.2) is 109 Å². The van der Waals surface area contributed by atoms with E-state index in [-0.39, 0.29) is 23.3 Å². The van der Waals surface area contributed by atoms with E-state index in [1.807, 2.05) is 35.9 Å². The van der Waals surface area contributed by atoms with Crippen LogP contribution in [0.4, 0.5) is 17.6 Å². The second-order valence-electron chi connectivity index (χ2n) is 8.90. The topological polar surface area (TPSA) is 4.93 Å². The lowest BCUT2D eigenvalue weighted by Crippen LogP contribution is -2.03. The van der Waals surface area contributed by atoms with Crippen molar-refractivity contribution in [3.63, 3.8) is 0 Å². The molecule has 1 heterocycles. The van der Waals surface area contributed by atoms with Crippen LogP contribution in [0.2, 0.25) is 0 Å². The van der Waals surface area contributed by atoms with Gasteiger partial charge in [-0.05, 0) is 95.1 Å². The Morgan fingerprint density at radius 1 is 0.447 bits per heavy atom. The van der Waals surface area contributed by atoms with E-state index in [0.29, 0.717) is 0 Å². The molecule has 0 aliphatic carbocycles. The highest BCUT2D eigenvalue weighted by Gasteiger charge is 2.16. The van der Waals surface area contributed by atoms with Crippen LogP contribution in [-0.4, -0.2) is 4.57 Å². The lowest BCUT2D eigenvalue weighted by molar-refractivity contribution is 0.627. The summed E-state index contributed by atoms with van der Waals surface area (Å²) in [7, 11) is 1.91. The van der Waals surface area contributed by atoms with E-state index in [9.17, 15) is 17.6 Å². The summed E-state index contributed by atoms with van der Waals surface area (Å²) < 4.78 is 56.6. The molecule has 0 saturated heterocycles. The maximum Gasteiger partial charge on any atom is 0.123 e. The minimum Gasteiger partial charge on any atom is -0.344 e. The fourth-order valence-electron chi connectivity index (χ4n) is 4.37. The van der Waals surface area contributed by atoms with Gasteiger partial charge < -0.3 is 4.57 Å². The number of hydrogen-bond donors (Lipinski definition) is 0. The summed E-state index contributed by atoms with van der Waals surface area (Å²) in [5, 5.41) is 0. The van der Waals surface area contributed by atoms with Crippen molar-refractivity contribution in [2.45, 2.75) is 0 Å². The molecule has 5 heteroatoms. The molecule has 0 spiro atoms. The molecule has 0 fully saturated rings. The molecule has 188 valence electrons. The van der Waals surface area contributed by atoms with E-state index < -0.39 is 0 Å². The third-order valence-electron chi connectivity index (χ3n) is 6.35. The van der Waals surface area contributed by atoms with Gasteiger partial charge in [0.25, 0.3) is 0 Å². The van der Waals surface area contributed by atoms with Gasteiger partial charge in [0.15, 0.2) is 0 Å². The number of rotatable bonds is 6. The molecule has 0 amide bonds. The molecule has 38 heavy (non-hydrogen) atoms. The first-order valence-electron chi connectivity index (χ1n) is 12.0. The highest BCUT2D eigenvalue weighted by atomic mass is 19.1. The van der Waals surface area contributed by atoms with E-state index in [4.69, 9.17) is 0 Å². The van der Waals surface area contributed by atoms with Gasteiger partial charge in [-0.3, -0.25) is 0 Å². The third kappa shape index (κ3) is 5.52. The van der Waals surface area contributed by atoms with Crippen LogP contribution in [0.25, 0.3) is 23.3 Å². The summed E-state index contributed by atoms with van der Waals surface area (Å²) in [5.74, 6) is -1.35. The van der Waals surface area contributed by atoms with Gasteiger partial charge in [0.05, 0.1) is 0 Å². The zero-order valence-electron chi connectivity index (χ0n) is 20.5. The maximum atomic E-state index is 13.7. The molecular formula is C33H23F4N. The quantitative estimate of drug-likeness (QED) is 0.159. The lowest BCUT2D eigenvalue weighted by Gasteiger charge is -2.15. The maximum absolute atomic E-state index is 13.7. The Morgan fingerprint density at radius 2 is 0.737 bits per heavy atom. The molecule has 5 rings (SSSR count). The molecule has 0 radical (unpaired) electrons. The van der Waals surface area contributed by atoms with E-state index in [0.717, 1.165) is 44.8 Å². The molecular weight excluding hydrogens is 486 g/mol. The molecule has 0 N–H and O–H groups in total.